The molecule has 4 rings (SSSR count). The monoisotopic (exact) mass is 386 g/mol. The zero-order valence-electron chi connectivity index (χ0n) is 14.8. The van der Waals surface area contributed by atoms with E-state index in [9.17, 15) is 4.79 Å². The Kier molecular flexibility index (Phi) is 4.91. The van der Waals surface area contributed by atoms with Gasteiger partial charge in [-0.1, -0.05) is 11.6 Å². The van der Waals surface area contributed by atoms with Gasteiger partial charge in [0.1, 0.15) is 5.75 Å². The first-order valence-corrected chi connectivity index (χ1v) is 9.08. The smallest absolute Gasteiger partial charge is 0.298 e. The number of nitrogens with one attached hydrogen (secondary N) is 1. The maximum Gasteiger partial charge on any atom is 0.298 e. The minimum absolute atomic E-state index is 0.300. The molecule has 1 aliphatic rings. The highest BCUT2D eigenvalue weighted by molar-refractivity contribution is 6.30. The van der Waals surface area contributed by atoms with Crippen molar-refractivity contribution in [2.75, 3.05) is 25.5 Å². The summed E-state index contributed by atoms with van der Waals surface area (Å²) in [5.74, 6) is 1.47. The number of benzene rings is 1. The lowest BCUT2D eigenvalue weighted by atomic mass is 10.1. The number of carbonyl (C=O) groups excluding carboxylic acids is 1. The van der Waals surface area contributed by atoms with Crippen molar-refractivity contribution in [3.8, 4) is 17.1 Å². The van der Waals surface area contributed by atoms with Crippen LogP contribution in [0.5, 0.6) is 5.75 Å². The van der Waals surface area contributed by atoms with Crippen molar-refractivity contribution < 1.29 is 9.53 Å². The van der Waals surface area contributed by atoms with Crippen molar-refractivity contribution in [3.05, 3.63) is 35.6 Å². The molecule has 3 heterocycles. The van der Waals surface area contributed by atoms with Gasteiger partial charge in [-0.3, -0.25) is 9.20 Å². The fourth-order valence-electron chi connectivity index (χ4n) is 3.42. The number of imidazole rings is 1. The number of aromatic nitrogens is 4. The number of ether oxygens (including phenoxy) is 1. The van der Waals surface area contributed by atoms with Gasteiger partial charge in [-0.2, -0.15) is 0 Å². The van der Waals surface area contributed by atoms with E-state index in [2.05, 4.69) is 32.4 Å². The molecule has 0 spiro atoms. The Morgan fingerprint density at radius 3 is 3.07 bits per heavy atom. The minimum Gasteiger partial charge on any atom is -0.428 e. The Hall–Kier alpha value is -2.71. The Labute approximate surface area is 161 Å². The summed E-state index contributed by atoms with van der Waals surface area (Å²) in [5, 5.41) is 12.6. The van der Waals surface area contributed by atoms with Gasteiger partial charge in [0.25, 0.3) is 6.47 Å². The van der Waals surface area contributed by atoms with Crippen LogP contribution in [0, 0.1) is 0 Å². The van der Waals surface area contributed by atoms with Gasteiger partial charge in [0.05, 0.1) is 5.56 Å². The molecule has 1 N–H and O–H groups in total. The maximum atomic E-state index is 10.9. The zero-order chi connectivity index (χ0) is 18.8. The van der Waals surface area contributed by atoms with Gasteiger partial charge in [0, 0.05) is 36.1 Å². The standard InChI is InChI=1S/C18H19ClN6O2/c1-24-7-2-3-13(10-24)21-16-18-20-6-8-25(18)17(23-22-16)14-5-4-12(19)9-15(14)27-11-26/h4-6,8-9,11,13H,2-3,7,10H2,1H3,(H,21,22)/t13-/m1/s1. The van der Waals surface area contributed by atoms with E-state index in [1.54, 1.807) is 30.6 Å². The molecule has 8 nitrogen and oxygen atoms in total. The van der Waals surface area contributed by atoms with Crippen LogP contribution in [0.4, 0.5) is 5.82 Å². The topological polar surface area (TPSA) is 84.6 Å². The third-order valence-electron chi connectivity index (χ3n) is 4.65. The van der Waals surface area contributed by atoms with Crippen LogP contribution < -0.4 is 10.1 Å². The summed E-state index contributed by atoms with van der Waals surface area (Å²) in [7, 11) is 2.11. The van der Waals surface area contributed by atoms with E-state index in [0.29, 0.717) is 46.1 Å². The lowest BCUT2D eigenvalue weighted by Gasteiger charge is -2.30. The zero-order valence-corrected chi connectivity index (χ0v) is 15.6. The van der Waals surface area contributed by atoms with Crippen LogP contribution >= 0.6 is 11.6 Å². The molecule has 1 aliphatic heterocycles. The SMILES string of the molecule is CN1CCC[C@@H](Nc2nnc(-c3ccc(Cl)cc3OC=O)n3ccnc23)C1. The summed E-state index contributed by atoms with van der Waals surface area (Å²) < 4.78 is 6.90. The highest BCUT2D eigenvalue weighted by Gasteiger charge is 2.21. The fourth-order valence-corrected chi connectivity index (χ4v) is 3.59. The average Bonchev–Trinajstić information content (AvgIpc) is 3.13. The minimum atomic E-state index is 0.300. The number of anilines is 1. The Morgan fingerprint density at radius 1 is 1.37 bits per heavy atom. The summed E-state index contributed by atoms with van der Waals surface area (Å²) >= 11 is 6.02. The molecule has 2 aromatic heterocycles. The molecule has 9 heteroatoms. The van der Waals surface area contributed by atoms with Crippen LogP contribution in [-0.4, -0.2) is 57.1 Å². The quantitative estimate of drug-likeness (QED) is 0.674. The molecule has 1 aromatic carbocycles. The Balaban J connectivity index is 1.73. The van der Waals surface area contributed by atoms with Crippen LogP contribution in [-0.2, 0) is 4.79 Å². The number of likely N-dealkylation sites (tertiary alicyclic amines) is 1. The number of carbonyl (C=O) groups is 1. The molecule has 1 saturated heterocycles. The van der Waals surface area contributed by atoms with E-state index >= 15 is 0 Å². The molecule has 3 aromatic rings. The van der Waals surface area contributed by atoms with Crippen molar-refractivity contribution in [3.63, 3.8) is 0 Å². The van der Waals surface area contributed by atoms with Crippen molar-refractivity contribution in [2.24, 2.45) is 0 Å². The van der Waals surface area contributed by atoms with Crippen molar-refractivity contribution in [1.82, 2.24) is 24.5 Å². The first kappa shape index (κ1) is 17.7. The number of hydrogen-bond acceptors (Lipinski definition) is 7. The van der Waals surface area contributed by atoms with Gasteiger partial charge >= 0.3 is 0 Å². The van der Waals surface area contributed by atoms with E-state index in [0.717, 1.165) is 25.9 Å². The third kappa shape index (κ3) is 3.58. The van der Waals surface area contributed by atoms with Crippen LogP contribution in [0.1, 0.15) is 12.8 Å². The average molecular weight is 387 g/mol. The third-order valence-corrected chi connectivity index (χ3v) is 4.89. The van der Waals surface area contributed by atoms with E-state index in [1.807, 2.05) is 4.40 Å². The first-order valence-electron chi connectivity index (χ1n) is 8.71. The number of fused-ring (bicyclic) bond motifs is 1. The number of piperidine rings is 1. The van der Waals surface area contributed by atoms with Gasteiger partial charge in [-0.05, 0) is 38.6 Å². The second-order valence-corrected chi connectivity index (χ2v) is 7.03. The van der Waals surface area contributed by atoms with Gasteiger partial charge in [0.2, 0.25) is 0 Å². The maximum absolute atomic E-state index is 10.9. The summed E-state index contributed by atoms with van der Waals surface area (Å²) in [5.41, 5.74) is 1.27. The van der Waals surface area contributed by atoms with E-state index in [1.165, 1.54) is 0 Å². The van der Waals surface area contributed by atoms with Gasteiger partial charge in [-0.25, -0.2) is 4.98 Å². The van der Waals surface area contributed by atoms with Crippen molar-refractivity contribution in [2.45, 2.75) is 18.9 Å². The van der Waals surface area contributed by atoms with Crippen molar-refractivity contribution >= 4 is 29.5 Å². The van der Waals surface area contributed by atoms with Crippen molar-refractivity contribution in [1.29, 1.82) is 0 Å². The number of halogens is 1. The second kappa shape index (κ2) is 7.50. The van der Waals surface area contributed by atoms with Gasteiger partial charge in [0.15, 0.2) is 17.3 Å². The Morgan fingerprint density at radius 2 is 2.26 bits per heavy atom. The lowest BCUT2D eigenvalue weighted by molar-refractivity contribution is -0.120. The largest absolute Gasteiger partial charge is 0.428 e. The fraction of sp³-hybridized carbons (Fsp3) is 0.333. The molecule has 1 atom stereocenters. The predicted octanol–water partition coefficient (Wildman–Crippen LogP) is 2.49. The number of rotatable bonds is 5. The van der Waals surface area contributed by atoms with E-state index < -0.39 is 0 Å². The number of nitrogens with zero attached hydrogens (tertiary/aromatic N) is 5. The normalized spacial score (nSPS) is 17.8. The van der Waals surface area contributed by atoms with E-state index in [4.69, 9.17) is 16.3 Å². The van der Waals surface area contributed by atoms with Crippen LogP contribution in [0.3, 0.4) is 0 Å². The van der Waals surface area contributed by atoms with Gasteiger partial charge in [-0.15, -0.1) is 10.2 Å². The molecule has 1 fully saturated rings. The van der Waals surface area contributed by atoms with Crippen LogP contribution in [0.15, 0.2) is 30.6 Å². The molecule has 0 radical (unpaired) electrons. The molecule has 0 bridgehead atoms. The predicted molar refractivity (Wildman–Crippen MR) is 102 cm³/mol. The number of hydrogen-bond donors (Lipinski definition) is 1. The second-order valence-electron chi connectivity index (χ2n) is 6.59. The molecular weight excluding hydrogens is 368 g/mol. The van der Waals surface area contributed by atoms with E-state index in [-0.39, 0.29) is 0 Å². The highest BCUT2D eigenvalue weighted by atomic mass is 35.5. The molecule has 140 valence electrons. The molecule has 0 aliphatic carbocycles. The molecular formula is C18H19ClN6O2. The molecule has 0 unspecified atom stereocenters. The lowest BCUT2D eigenvalue weighted by Crippen LogP contribution is -2.40. The molecule has 0 amide bonds. The highest BCUT2D eigenvalue weighted by Crippen LogP contribution is 2.32. The van der Waals surface area contributed by atoms with Crippen LogP contribution in [0.2, 0.25) is 5.02 Å². The first-order chi connectivity index (χ1) is 13.2. The Bertz CT molecular complexity index is 976. The summed E-state index contributed by atoms with van der Waals surface area (Å²) in [6.45, 7) is 2.42. The summed E-state index contributed by atoms with van der Waals surface area (Å²) in [6.07, 6.45) is 5.71. The summed E-state index contributed by atoms with van der Waals surface area (Å²) in [6, 6.07) is 5.32. The summed E-state index contributed by atoms with van der Waals surface area (Å²) in [4.78, 5) is 17.6. The number of likely N-dealkylation sites (N-methyl/N-ethyl adjacent to an activating group) is 1. The molecule has 0 saturated carbocycles. The molecule has 27 heavy (non-hydrogen) atoms. The van der Waals surface area contributed by atoms with Crippen LogP contribution in [0.25, 0.3) is 17.0 Å². The van der Waals surface area contributed by atoms with Gasteiger partial charge < -0.3 is 15.0 Å².